The van der Waals surface area contributed by atoms with E-state index in [1.54, 1.807) is 6.07 Å². The van der Waals surface area contributed by atoms with Crippen LogP contribution in [0.25, 0.3) is 0 Å². The molecule has 0 spiro atoms. The molecule has 3 heteroatoms. The van der Waals surface area contributed by atoms with Crippen molar-refractivity contribution in [2.45, 2.75) is 39.2 Å². The maximum Gasteiger partial charge on any atom is 0.214 e. The second-order valence-electron chi connectivity index (χ2n) is 4.13. The molecule has 1 aromatic heterocycles. The molecule has 0 amide bonds. The number of anilines is 1. The molecule has 1 rings (SSSR count). The van der Waals surface area contributed by atoms with Gasteiger partial charge >= 0.3 is 0 Å². The third-order valence-electron chi connectivity index (χ3n) is 2.08. The SMILES string of the molecule is CCCC(C)(C)Nc1ccnc(F)c1. The van der Waals surface area contributed by atoms with E-state index in [9.17, 15) is 4.39 Å². The van der Waals surface area contributed by atoms with Crippen LogP contribution in [-0.2, 0) is 0 Å². The molecule has 0 fully saturated rings. The molecule has 0 atom stereocenters. The minimum absolute atomic E-state index is 0.00252. The molecule has 0 aliphatic carbocycles. The summed E-state index contributed by atoms with van der Waals surface area (Å²) in [6.45, 7) is 6.35. The monoisotopic (exact) mass is 196 g/mol. The van der Waals surface area contributed by atoms with Gasteiger partial charge in [-0.3, -0.25) is 0 Å². The number of hydrogen-bond donors (Lipinski definition) is 1. The van der Waals surface area contributed by atoms with Gasteiger partial charge in [-0.05, 0) is 26.3 Å². The molecule has 14 heavy (non-hydrogen) atoms. The van der Waals surface area contributed by atoms with E-state index in [-0.39, 0.29) is 5.54 Å². The van der Waals surface area contributed by atoms with Gasteiger partial charge in [-0.1, -0.05) is 13.3 Å². The van der Waals surface area contributed by atoms with E-state index < -0.39 is 5.95 Å². The highest BCUT2D eigenvalue weighted by Crippen LogP contribution is 2.19. The molecule has 0 aliphatic rings. The number of halogens is 1. The average molecular weight is 196 g/mol. The van der Waals surface area contributed by atoms with Crippen LogP contribution in [0, 0.1) is 5.95 Å². The Balaban J connectivity index is 2.68. The summed E-state index contributed by atoms with van der Waals surface area (Å²) in [7, 11) is 0. The van der Waals surface area contributed by atoms with E-state index in [1.165, 1.54) is 12.3 Å². The van der Waals surface area contributed by atoms with E-state index in [0.29, 0.717) is 0 Å². The van der Waals surface area contributed by atoms with Gasteiger partial charge in [0.2, 0.25) is 5.95 Å². The Morgan fingerprint density at radius 1 is 1.50 bits per heavy atom. The van der Waals surface area contributed by atoms with Crippen molar-refractivity contribution in [1.82, 2.24) is 4.98 Å². The van der Waals surface area contributed by atoms with E-state index in [2.05, 4.69) is 31.1 Å². The lowest BCUT2D eigenvalue weighted by Gasteiger charge is -2.27. The summed E-state index contributed by atoms with van der Waals surface area (Å²) in [5, 5.41) is 3.28. The van der Waals surface area contributed by atoms with E-state index in [4.69, 9.17) is 0 Å². The van der Waals surface area contributed by atoms with Gasteiger partial charge in [0.15, 0.2) is 0 Å². The normalized spacial score (nSPS) is 11.4. The second-order valence-corrected chi connectivity index (χ2v) is 4.13. The zero-order valence-electron chi connectivity index (χ0n) is 8.97. The van der Waals surface area contributed by atoms with Crippen LogP contribution in [0.5, 0.6) is 0 Å². The maximum atomic E-state index is 12.8. The summed E-state index contributed by atoms with van der Waals surface area (Å²) in [5.74, 6) is -0.442. The van der Waals surface area contributed by atoms with Crippen LogP contribution in [0.4, 0.5) is 10.1 Å². The first-order valence-corrected chi connectivity index (χ1v) is 4.93. The van der Waals surface area contributed by atoms with Crippen LogP contribution >= 0.6 is 0 Å². The minimum Gasteiger partial charge on any atom is -0.380 e. The first-order chi connectivity index (χ1) is 6.53. The van der Waals surface area contributed by atoms with Gasteiger partial charge in [0, 0.05) is 23.5 Å². The van der Waals surface area contributed by atoms with Gasteiger partial charge in [0.25, 0.3) is 0 Å². The zero-order valence-corrected chi connectivity index (χ0v) is 8.97. The lowest BCUT2D eigenvalue weighted by Crippen LogP contribution is -2.30. The molecule has 0 bridgehead atoms. The predicted molar refractivity (Wildman–Crippen MR) is 56.8 cm³/mol. The van der Waals surface area contributed by atoms with Crippen molar-refractivity contribution in [3.63, 3.8) is 0 Å². The van der Waals surface area contributed by atoms with Crippen molar-refractivity contribution < 1.29 is 4.39 Å². The molecule has 1 aromatic rings. The van der Waals surface area contributed by atoms with Crippen molar-refractivity contribution >= 4 is 5.69 Å². The fourth-order valence-corrected chi connectivity index (χ4v) is 1.56. The summed E-state index contributed by atoms with van der Waals surface area (Å²) >= 11 is 0. The third-order valence-corrected chi connectivity index (χ3v) is 2.08. The Morgan fingerprint density at radius 3 is 2.79 bits per heavy atom. The standard InChI is InChI=1S/C11H17FN2/c1-4-6-11(2,3)14-9-5-7-13-10(12)8-9/h5,7-8H,4,6H2,1-3H3,(H,13,14). The topological polar surface area (TPSA) is 24.9 Å². The smallest absolute Gasteiger partial charge is 0.214 e. The second kappa shape index (κ2) is 4.40. The van der Waals surface area contributed by atoms with Crippen LogP contribution in [0.15, 0.2) is 18.3 Å². The Labute approximate surface area is 84.6 Å². The Morgan fingerprint density at radius 2 is 2.21 bits per heavy atom. The third kappa shape index (κ3) is 3.32. The van der Waals surface area contributed by atoms with Gasteiger partial charge in [-0.2, -0.15) is 4.39 Å². The fourth-order valence-electron chi connectivity index (χ4n) is 1.56. The van der Waals surface area contributed by atoms with Gasteiger partial charge in [0.05, 0.1) is 0 Å². The van der Waals surface area contributed by atoms with Gasteiger partial charge < -0.3 is 5.32 Å². The molecule has 1 heterocycles. The molecular formula is C11H17FN2. The highest BCUT2D eigenvalue weighted by atomic mass is 19.1. The van der Waals surface area contributed by atoms with Crippen molar-refractivity contribution in [3.8, 4) is 0 Å². The summed E-state index contributed by atoms with van der Waals surface area (Å²) in [4.78, 5) is 3.51. The fraction of sp³-hybridized carbons (Fsp3) is 0.545. The van der Waals surface area contributed by atoms with Crippen molar-refractivity contribution in [1.29, 1.82) is 0 Å². The van der Waals surface area contributed by atoms with Crippen LogP contribution in [0.1, 0.15) is 33.6 Å². The van der Waals surface area contributed by atoms with Crippen LogP contribution in [-0.4, -0.2) is 10.5 Å². The molecule has 2 nitrogen and oxygen atoms in total. The Bertz CT molecular complexity index is 297. The van der Waals surface area contributed by atoms with Crippen molar-refractivity contribution in [2.75, 3.05) is 5.32 Å². The summed E-state index contributed by atoms with van der Waals surface area (Å²) in [6, 6.07) is 3.19. The molecule has 0 unspecified atom stereocenters. The Hall–Kier alpha value is -1.12. The lowest BCUT2D eigenvalue weighted by molar-refractivity contribution is 0.509. The van der Waals surface area contributed by atoms with Gasteiger partial charge in [-0.25, -0.2) is 4.98 Å². The molecule has 0 aromatic carbocycles. The first kappa shape index (κ1) is 11.0. The van der Waals surface area contributed by atoms with Gasteiger partial charge in [0.1, 0.15) is 0 Å². The zero-order chi connectivity index (χ0) is 10.6. The number of nitrogens with zero attached hydrogens (tertiary/aromatic N) is 1. The lowest BCUT2D eigenvalue weighted by atomic mass is 9.99. The number of hydrogen-bond acceptors (Lipinski definition) is 2. The number of aromatic nitrogens is 1. The van der Waals surface area contributed by atoms with E-state index in [0.717, 1.165) is 18.5 Å². The summed E-state index contributed by atoms with van der Waals surface area (Å²) in [5.41, 5.74) is 0.790. The molecule has 0 saturated heterocycles. The van der Waals surface area contributed by atoms with Crippen LogP contribution < -0.4 is 5.32 Å². The maximum absolute atomic E-state index is 12.8. The van der Waals surface area contributed by atoms with E-state index >= 15 is 0 Å². The highest BCUT2D eigenvalue weighted by Gasteiger charge is 2.15. The number of nitrogens with one attached hydrogen (secondary N) is 1. The Kier molecular flexibility index (Phi) is 3.44. The number of pyridine rings is 1. The van der Waals surface area contributed by atoms with Crippen molar-refractivity contribution in [3.05, 3.63) is 24.3 Å². The molecule has 78 valence electrons. The molecule has 0 saturated carbocycles. The molecular weight excluding hydrogens is 179 g/mol. The van der Waals surface area contributed by atoms with Gasteiger partial charge in [-0.15, -0.1) is 0 Å². The summed E-state index contributed by atoms with van der Waals surface area (Å²) < 4.78 is 12.8. The largest absolute Gasteiger partial charge is 0.380 e. The van der Waals surface area contributed by atoms with Crippen LogP contribution in [0.3, 0.4) is 0 Å². The molecule has 1 N–H and O–H groups in total. The first-order valence-electron chi connectivity index (χ1n) is 4.93. The van der Waals surface area contributed by atoms with E-state index in [1.807, 2.05) is 0 Å². The van der Waals surface area contributed by atoms with Crippen molar-refractivity contribution in [2.24, 2.45) is 0 Å². The molecule has 0 aliphatic heterocycles. The molecule has 0 radical (unpaired) electrons. The summed E-state index contributed by atoms with van der Waals surface area (Å²) in [6.07, 6.45) is 3.63. The average Bonchev–Trinajstić information content (AvgIpc) is 2.02. The highest BCUT2D eigenvalue weighted by molar-refractivity contribution is 5.43. The predicted octanol–water partition coefficient (Wildman–Crippen LogP) is 3.21. The quantitative estimate of drug-likeness (QED) is 0.748. The minimum atomic E-state index is -0.442. The number of rotatable bonds is 4. The van der Waals surface area contributed by atoms with Crippen LogP contribution in [0.2, 0.25) is 0 Å².